The van der Waals surface area contributed by atoms with Gasteiger partial charge in [-0.2, -0.15) is 5.10 Å². The Bertz CT molecular complexity index is 493. The van der Waals surface area contributed by atoms with E-state index in [2.05, 4.69) is 46.9 Å². The molecule has 2 rings (SSSR count). The van der Waals surface area contributed by atoms with Gasteiger partial charge in [-0.25, -0.2) is 0 Å². The van der Waals surface area contributed by atoms with Crippen LogP contribution in [-0.4, -0.2) is 29.5 Å². The van der Waals surface area contributed by atoms with Crippen molar-refractivity contribution >= 4 is 11.3 Å². The second kappa shape index (κ2) is 7.57. The number of H-pyrrole nitrogens is 1. The summed E-state index contributed by atoms with van der Waals surface area (Å²) in [7, 11) is 0. The third-order valence-corrected chi connectivity index (χ3v) is 4.23. The van der Waals surface area contributed by atoms with Crippen molar-refractivity contribution < 1.29 is 4.74 Å². The van der Waals surface area contributed by atoms with Gasteiger partial charge in [0.05, 0.1) is 23.4 Å². The van der Waals surface area contributed by atoms with Gasteiger partial charge in [0.1, 0.15) is 0 Å². The summed E-state index contributed by atoms with van der Waals surface area (Å²) in [6.07, 6.45) is 1.90. The van der Waals surface area contributed by atoms with Crippen molar-refractivity contribution in [3.8, 4) is 10.6 Å². The van der Waals surface area contributed by atoms with Crippen molar-refractivity contribution in [2.24, 2.45) is 5.92 Å². The van der Waals surface area contributed by atoms with Crippen molar-refractivity contribution in [2.45, 2.75) is 33.4 Å². The Hall–Kier alpha value is -1.17. The summed E-state index contributed by atoms with van der Waals surface area (Å²) in [5.41, 5.74) is 2.32. The highest BCUT2D eigenvalue weighted by molar-refractivity contribution is 7.13. The molecule has 2 aromatic rings. The summed E-state index contributed by atoms with van der Waals surface area (Å²) in [6, 6.07) is 4.53. The van der Waals surface area contributed by atoms with Gasteiger partial charge < -0.3 is 10.1 Å². The van der Waals surface area contributed by atoms with E-state index in [-0.39, 0.29) is 0 Å². The van der Waals surface area contributed by atoms with Crippen LogP contribution < -0.4 is 5.32 Å². The molecule has 0 aliphatic heterocycles. The molecule has 1 atom stereocenters. The predicted molar refractivity (Wildman–Crippen MR) is 83.9 cm³/mol. The molecule has 4 nitrogen and oxygen atoms in total. The third-order valence-electron chi connectivity index (χ3n) is 3.35. The maximum Gasteiger partial charge on any atom is 0.0794 e. The monoisotopic (exact) mass is 293 g/mol. The standard InChI is InChI=1S/C15H23N3OS/c1-4-19-10-13(11(2)3)16-8-12-9-17-18-15(12)14-6-5-7-20-14/h5-7,9,11,13,16H,4,8,10H2,1-3H3,(H,17,18). The second-order valence-electron chi connectivity index (χ2n) is 5.14. The summed E-state index contributed by atoms with van der Waals surface area (Å²) < 4.78 is 5.55. The van der Waals surface area contributed by atoms with Gasteiger partial charge in [-0.05, 0) is 24.3 Å². The van der Waals surface area contributed by atoms with Crippen molar-refractivity contribution in [3.63, 3.8) is 0 Å². The summed E-state index contributed by atoms with van der Waals surface area (Å²) >= 11 is 1.73. The molecule has 2 aromatic heterocycles. The van der Waals surface area contributed by atoms with Crippen molar-refractivity contribution in [1.29, 1.82) is 0 Å². The molecule has 20 heavy (non-hydrogen) atoms. The maximum absolute atomic E-state index is 5.55. The van der Waals surface area contributed by atoms with E-state index in [1.165, 1.54) is 10.4 Å². The van der Waals surface area contributed by atoms with Crippen LogP contribution in [0.5, 0.6) is 0 Å². The van der Waals surface area contributed by atoms with Crippen molar-refractivity contribution in [3.05, 3.63) is 29.3 Å². The molecule has 0 saturated carbocycles. The minimum atomic E-state index is 0.362. The molecular weight excluding hydrogens is 270 g/mol. The van der Waals surface area contributed by atoms with Crippen LogP contribution in [0.25, 0.3) is 10.6 Å². The average Bonchev–Trinajstić information content (AvgIpc) is 3.08. The lowest BCUT2D eigenvalue weighted by Crippen LogP contribution is -2.37. The average molecular weight is 293 g/mol. The highest BCUT2D eigenvalue weighted by Gasteiger charge is 2.15. The first-order valence-corrected chi connectivity index (χ1v) is 7.97. The summed E-state index contributed by atoms with van der Waals surface area (Å²) in [4.78, 5) is 1.23. The molecule has 110 valence electrons. The number of hydrogen-bond acceptors (Lipinski definition) is 4. The fraction of sp³-hybridized carbons (Fsp3) is 0.533. The van der Waals surface area contributed by atoms with Gasteiger partial charge in [-0.3, -0.25) is 5.10 Å². The van der Waals surface area contributed by atoms with Crippen LogP contribution in [0, 0.1) is 5.92 Å². The third kappa shape index (κ3) is 3.91. The number of aromatic nitrogens is 2. The molecule has 0 aliphatic carbocycles. The Morgan fingerprint density at radius 3 is 2.95 bits per heavy atom. The number of rotatable bonds is 8. The van der Waals surface area contributed by atoms with E-state index < -0.39 is 0 Å². The maximum atomic E-state index is 5.55. The van der Waals surface area contributed by atoms with Gasteiger partial charge in [0, 0.05) is 24.8 Å². The molecule has 0 spiro atoms. The number of ether oxygens (including phenoxy) is 1. The number of thiophene rings is 1. The first kappa shape index (κ1) is 15.2. The number of aromatic amines is 1. The zero-order valence-corrected chi connectivity index (χ0v) is 13.2. The zero-order valence-electron chi connectivity index (χ0n) is 12.3. The van der Waals surface area contributed by atoms with Crippen molar-refractivity contribution in [1.82, 2.24) is 15.5 Å². The molecule has 0 amide bonds. The van der Waals surface area contributed by atoms with Gasteiger partial charge in [0.25, 0.3) is 0 Å². The highest BCUT2D eigenvalue weighted by atomic mass is 32.1. The topological polar surface area (TPSA) is 49.9 Å². The molecular formula is C15H23N3OS. The van der Waals surface area contributed by atoms with Gasteiger partial charge in [-0.15, -0.1) is 11.3 Å². The quantitative estimate of drug-likeness (QED) is 0.785. The van der Waals surface area contributed by atoms with E-state index in [0.717, 1.165) is 25.5 Å². The van der Waals surface area contributed by atoms with E-state index in [1.54, 1.807) is 11.3 Å². The van der Waals surface area contributed by atoms with Crippen LogP contribution >= 0.6 is 11.3 Å². The lowest BCUT2D eigenvalue weighted by molar-refractivity contribution is 0.108. The minimum Gasteiger partial charge on any atom is -0.380 e. The Morgan fingerprint density at radius 1 is 1.45 bits per heavy atom. The molecule has 0 bridgehead atoms. The second-order valence-corrected chi connectivity index (χ2v) is 6.09. The molecule has 0 radical (unpaired) electrons. The van der Waals surface area contributed by atoms with Crippen LogP contribution in [-0.2, 0) is 11.3 Å². The van der Waals surface area contributed by atoms with Gasteiger partial charge in [0.2, 0.25) is 0 Å². The number of nitrogens with zero attached hydrogens (tertiary/aromatic N) is 1. The van der Waals surface area contributed by atoms with Crippen LogP contribution in [0.2, 0.25) is 0 Å². The minimum absolute atomic E-state index is 0.362. The lowest BCUT2D eigenvalue weighted by atomic mass is 10.0. The first-order chi connectivity index (χ1) is 9.72. The summed E-state index contributed by atoms with van der Waals surface area (Å²) in [5, 5.41) is 12.9. The lowest BCUT2D eigenvalue weighted by Gasteiger charge is -2.22. The van der Waals surface area contributed by atoms with Crippen LogP contribution in [0.3, 0.4) is 0 Å². The van der Waals surface area contributed by atoms with Gasteiger partial charge in [-0.1, -0.05) is 19.9 Å². The van der Waals surface area contributed by atoms with Gasteiger partial charge >= 0.3 is 0 Å². The molecule has 5 heteroatoms. The number of nitrogens with one attached hydrogen (secondary N) is 2. The Kier molecular flexibility index (Phi) is 5.76. The summed E-state index contributed by atoms with van der Waals surface area (Å²) in [6.45, 7) is 8.78. The largest absolute Gasteiger partial charge is 0.380 e. The molecule has 0 aromatic carbocycles. The van der Waals surface area contributed by atoms with Gasteiger partial charge in [0.15, 0.2) is 0 Å². The number of hydrogen-bond donors (Lipinski definition) is 2. The smallest absolute Gasteiger partial charge is 0.0794 e. The Morgan fingerprint density at radius 2 is 2.30 bits per heavy atom. The highest BCUT2D eigenvalue weighted by Crippen LogP contribution is 2.25. The summed E-state index contributed by atoms with van der Waals surface area (Å²) in [5.74, 6) is 0.540. The molecule has 0 fully saturated rings. The molecule has 0 saturated heterocycles. The van der Waals surface area contributed by atoms with E-state index in [1.807, 2.05) is 13.1 Å². The fourth-order valence-electron chi connectivity index (χ4n) is 2.05. The van der Waals surface area contributed by atoms with Crippen LogP contribution in [0.4, 0.5) is 0 Å². The first-order valence-electron chi connectivity index (χ1n) is 7.09. The van der Waals surface area contributed by atoms with Crippen molar-refractivity contribution in [2.75, 3.05) is 13.2 Å². The van der Waals surface area contributed by atoms with E-state index in [0.29, 0.717) is 12.0 Å². The predicted octanol–water partition coefficient (Wildman–Crippen LogP) is 3.29. The van der Waals surface area contributed by atoms with E-state index in [9.17, 15) is 0 Å². The Labute approximate surface area is 124 Å². The molecule has 2 N–H and O–H groups in total. The molecule has 0 aliphatic rings. The Balaban J connectivity index is 1.98. The van der Waals surface area contributed by atoms with Crippen LogP contribution in [0.15, 0.2) is 23.7 Å². The molecule has 1 unspecified atom stereocenters. The fourth-order valence-corrected chi connectivity index (χ4v) is 2.81. The van der Waals surface area contributed by atoms with E-state index in [4.69, 9.17) is 4.74 Å². The zero-order chi connectivity index (χ0) is 14.4. The van der Waals surface area contributed by atoms with E-state index >= 15 is 0 Å². The molecule has 2 heterocycles. The normalized spacial score (nSPS) is 13.0. The SMILES string of the molecule is CCOCC(NCc1cn[nH]c1-c1cccs1)C(C)C. The van der Waals surface area contributed by atoms with Crippen LogP contribution in [0.1, 0.15) is 26.3 Å².